The highest BCUT2D eigenvalue weighted by Crippen LogP contribution is 2.28. The van der Waals surface area contributed by atoms with E-state index < -0.39 is 0 Å². The lowest BCUT2D eigenvalue weighted by Crippen LogP contribution is -2.40. The molecule has 0 radical (unpaired) electrons. The normalized spacial score (nSPS) is 26.7. The van der Waals surface area contributed by atoms with Crippen molar-refractivity contribution in [3.05, 3.63) is 0 Å². The van der Waals surface area contributed by atoms with Gasteiger partial charge in [0.2, 0.25) is 5.91 Å². The number of carbonyl (C=O) groups excluding carboxylic acids is 1. The van der Waals surface area contributed by atoms with Gasteiger partial charge in [0.15, 0.2) is 0 Å². The molecule has 3 atom stereocenters. The van der Waals surface area contributed by atoms with Gasteiger partial charge < -0.3 is 10.6 Å². The topological polar surface area (TPSA) is 41.1 Å². The molecular weight excluding hydrogens is 220 g/mol. The van der Waals surface area contributed by atoms with Gasteiger partial charge in [0.1, 0.15) is 0 Å². The van der Waals surface area contributed by atoms with E-state index in [9.17, 15) is 4.79 Å². The standard InChI is InChI=1S/C12H24N2OS/c1-4-13-8-9(2)12(15)14-10-5-6-11(7-10)16-3/h9-11,13H,4-8H2,1-3H3,(H,14,15). The van der Waals surface area contributed by atoms with Crippen LogP contribution in [0.4, 0.5) is 0 Å². The highest BCUT2D eigenvalue weighted by Gasteiger charge is 2.26. The fraction of sp³-hybridized carbons (Fsp3) is 0.917. The molecule has 1 aliphatic carbocycles. The van der Waals surface area contributed by atoms with Crippen molar-refractivity contribution in [1.82, 2.24) is 10.6 Å². The number of nitrogens with one attached hydrogen (secondary N) is 2. The monoisotopic (exact) mass is 244 g/mol. The lowest BCUT2D eigenvalue weighted by atomic mass is 10.1. The molecule has 0 saturated heterocycles. The van der Waals surface area contributed by atoms with Crippen LogP contribution >= 0.6 is 11.8 Å². The zero-order valence-electron chi connectivity index (χ0n) is 10.6. The van der Waals surface area contributed by atoms with Crippen molar-refractivity contribution in [1.29, 1.82) is 0 Å². The minimum absolute atomic E-state index is 0.0771. The zero-order chi connectivity index (χ0) is 12.0. The van der Waals surface area contributed by atoms with Gasteiger partial charge in [-0.3, -0.25) is 4.79 Å². The minimum atomic E-state index is 0.0771. The van der Waals surface area contributed by atoms with Crippen LogP contribution in [0.1, 0.15) is 33.1 Å². The number of hydrogen-bond acceptors (Lipinski definition) is 3. The Hall–Kier alpha value is -0.220. The molecule has 1 aliphatic rings. The first kappa shape index (κ1) is 13.8. The summed E-state index contributed by atoms with van der Waals surface area (Å²) in [6.07, 6.45) is 5.68. The first-order valence-electron chi connectivity index (χ1n) is 6.21. The third kappa shape index (κ3) is 4.34. The summed E-state index contributed by atoms with van der Waals surface area (Å²) in [5.74, 6) is 0.279. The maximum absolute atomic E-state index is 11.8. The van der Waals surface area contributed by atoms with Gasteiger partial charge in [0, 0.05) is 23.8 Å². The molecule has 1 saturated carbocycles. The molecule has 0 spiro atoms. The van der Waals surface area contributed by atoms with Gasteiger partial charge in [0.25, 0.3) is 0 Å². The maximum Gasteiger partial charge on any atom is 0.224 e. The molecule has 1 amide bonds. The number of hydrogen-bond donors (Lipinski definition) is 2. The van der Waals surface area contributed by atoms with E-state index in [0.717, 1.165) is 31.2 Å². The van der Waals surface area contributed by atoms with E-state index in [1.54, 1.807) is 0 Å². The van der Waals surface area contributed by atoms with E-state index in [1.807, 2.05) is 18.7 Å². The minimum Gasteiger partial charge on any atom is -0.353 e. The van der Waals surface area contributed by atoms with Crippen molar-refractivity contribution in [3.8, 4) is 0 Å². The summed E-state index contributed by atoms with van der Waals surface area (Å²) in [5.41, 5.74) is 0. The summed E-state index contributed by atoms with van der Waals surface area (Å²) in [6, 6.07) is 0.411. The summed E-state index contributed by atoms with van der Waals surface area (Å²) in [5, 5.41) is 7.11. The van der Waals surface area contributed by atoms with Gasteiger partial charge in [0.05, 0.1) is 0 Å². The lowest BCUT2D eigenvalue weighted by molar-refractivity contribution is -0.125. The van der Waals surface area contributed by atoms with E-state index in [0.29, 0.717) is 6.04 Å². The van der Waals surface area contributed by atoms with Crippen LogP contribution in [-0.2, 0) is 4.79 Å². The van der Waals surface area contributed by atoms with E-state index in [4.69, 9.17) is 0 Å². The maximum atomic E-state index is 11.8. The highest BCUT2D eigenvalue weighted by molar-refractivity contribution is 7.99. The van der Waals surface area contributed by atoms with Gasteiger partial charge in [-0.15, -0.1) is 0 Å². The fourth-order valence-electron chi connectivity index (χ4n) is 2.08. The molecule has 0 aromatic carbocycles. The molecule has 1 rings (SSSR count). The summed E-state index contributed by atoms with van der Waals surface area (Å²) >= 11 is 1.92. The average molecular weight is 244 g/mol. The summed E-state index contributed by atoms with van der Waals surface area (Å²) in [6.45, 7) is 5.75. The summed E-state index contributed by atoms with van der Waals surface area (Å²) < 4.78 is 0. The Morgan fingerprint density at radius 1 is 1.50 bits per heavy atom. The van der Waals surface area contributed by atoms with E-state index in [-0.39, 0.29) is 11.8 Å². The van der Waals surface area contributed by atoms with Crippen LogP contribution in [0, 0.1) is 5.92 Å². The van der Waals surface area contributed by atoms with Crippen LogP contribution in [0.25, 0.3) is 0 Å². The summed E-state index contributed by atoms with van der Waals surface area (Å²) in [7, 11) is 0. The van der Waals surface area contributed by atoms with Crippen LogP contribution in [-0.4, -0.2) is 36.5 Å². The van der Waals surface area contributed by atoms with Gasteiger partial charge >= 0.3 is 0 Å². The van der Waals surface area contributed by atoms with Crippen molar-refractivity contribution in [2.24, 2.45) is 5.92 Å². The van der Waals surface area contributed by atoms with Crippen LogP contribution < -0.4 is 10.6 Å². The van der Waals surface area contributed by atoms with E-state index >= 15 is 0 Å². The molecule has 2 N–H and O–H groups in total. The third-order valence-corrected chi connectivity index (χ3v) is 4.31. The Morgan fingerprint density at radius 3 is 2.81 bits per heavy atom. The van der Waals surface area contributed by atoms with E-state index in [2.05, 4.69) is 23.8 Å². The number of rotatable bonds is 6. The average Bonchev–Trinajstić information content (AvgIpc) is 2.73. The van der Waals surface area contributed by atoms with Crippen molar-refractivity contribution in [3.63, 3.8) is 0 Å². The number of amides is 1. The second-order valence-corrected chi connectivity index (χ2v) is 5.72. The van der Waals surface area contributed by atoms with Crippen molar-refractivity contribution in [2.45, 2.75) is 44.4 Å². The fourth-order valence-corrected chi connectivity index (χ4v) is 2.88. The lowest BCUT2D eigenvalue weighted by Gasteiger charge is -2.17. The molecule has 3 nitrogen and oxygen atoms in total. The predicted molar refractivity (Wildman–Crippen MR) is 70.8 cm³/mol. The Morgan fingerprint density at radius 2 is 2.25 bits per heavy atom. The zero-order valence-corrected chi connectivity index (χ0v) is 11.4. The molecular formula is C12H24N2OS. The number of carbonyl (C=O) groups is 1. The van der Waals surface area contributed by atoms with Gasteiger partial charge in [-0.05, 0) is 32.1 Å². The Kier molecular flexibility index (Phi) is 6.21. The molecule has 16 heavy (non-hydrogen) atoms. The molecule has 0 heterocycles. The molecule has 3 unspecified atom stereocenters. The first-order valence-corrected chi connectivity index (χ1v) is 7.50. The van der Waals surface area contributed by atoms with Crippen LogP contribution in [0.5, 0.6) is 0 Å². The molecule has 0 aliphatic heterocycles. The van der Waals surface area contributed by atoms with Crippen LogP contribution in [0.3, 0.4) is 0 Å². The molecule has 1 fully saturated rings. The van der Waals surface area contributed by atoms with Gasteiger partial charge in [-0.25, -0.2) is 0 Å². The Bertz CT molecular complexity index is 223. The largest absolute Gasteiger partial charge is 0.353 e. The SMILES string of the molecule is CCNCC(C)C(=O)NC1CCC(SC)C1. The van der Waals surface area contributed by atoms with E-state index in [1.165, 1.54) is 6.42 Å². The van der Waals surface area contributed by atoms with Crippen LogP contribution in [0.15, 0.2) is 0 Å². The quantitative estimate of drug-likeness (QED) is 0.746. The molecule has 94 valence electrons. The predicted octanol–water partition coefficient (Wildman–Crippen LogP) is 1.63. The van der Waals surface area contributed by atoms with Crippen molar-refractivity contribution < 1.29 is 4.79 Å². The molecule has 0 aromatic heterocycles. The Balaban J connectivity index is 2.23. The Labute approximate surface area is 103 Å². The van der Waals surface area contributed by atoms with Gasteiger partial charge in [-0.1, -0.05) is 13.8 Å². The second-order valence-electron chi connectivity index (χ2n) is 4.59. The van der Waals surface area contributed by atoms with Crippen molar-refractivity contribution in [2.75, 3.05) is 19.3 Å². The first-order chi connectivity index (χ1) is 7.67. The second kappa shape index (κ2) is 7.17. The summed E-state index contributed by atoms with van der Waals surface area (Å²) in [4.78, 5) is 11.8. The molecule has 0 bridgehead atoms. The molecule has 0 aromatic rings. The van der Waals surface area contributed by atoms with Crippen LogP contribution in [0.2, 0.25) is 0 Å². The smallest absolute Gasteiger partial charge is 0.224 e. The molecule has 4 heteroatoms. The third-order valence-electron chi connectivity index (χ3n) is 3.21. The number of thioether (sulfide) groups is 1. The van der Waals surface area contributed by atoms with Crippen molar-refractivity contribution >= 4 is 17.7 Å². The highest BCUT2D eigenvalue weighted by atomic mass is 32.2. The van der Waals surface area contributed by atoms with Gasteiger partial charge in [-0.2, -0.15) is 11.8 Å².